The van der Waals surface area contributed by atoms with Gasteiger partial charge in [0, 0.05) is 5.56 Å². The first-order valence-corrected chi connectivity index (χ1v) is 15.4. The first-order valence-electron chi connectivity index (χ1n) is 15.4. The van der Waals surface area contributed by atoms with Crippen LogP contribution in [0.15, 0.2) is 6.07 Å². The maximum absolute atomic E-state index is 16.0. The summed E-state index contributed by atoms with van der Waals surface area (Å²) in [6, 6.07) is -1.00. The second kappa shape index (κ2) is 15.6. The number of anilines is 3. The summed E-state index contributed by atoms with van der Waals surface area (Å²) in [4.78, 5) is -1.91. The fourth-order valence-electron chi connectivity index (χ4n) is 5.87. The minimum absolute atomic E-state index is 1.00. The topological polar surface area (TPSA) is 3.24 Å². The molecule has 0 saturated carbocycles. The van der Waals surface area contributed by atoms with E-state index in [2.05, 4.69) is 0 Å². The second-order valence-corrected chi connectivity index (χ2v) is 12.0. The normalized spacial score (nSPS) is 11.7. The zero-order valence-corrected chi connectivity index (χ0v) is 28.4. The first-order chi connectivity index (χ1) is 29.2. The highest BCUT2D eigenvalue weighted by Gasteiger charge is 2.43. The Morgan fingerprint density at radius 3 is 0.635 bits per heavy atom. The monoisotopic (exact) mass is 941 g/mol. The molecular formula is C36HF26N. The minimum Gasteiger partial charge on any atom is -0.294 e. The molecule has 0 bridgehead atoms. The van der Waals surface area contributed by atoms with Gasteiger partial charge >= 0.3 is 0 Å². The Labute approximate surface area is 327 Å². The Morgan fingerprint density at radius 1 is 0.190 bits per heavy atom. The molecule has 0 spiro atoms. The van der Waals surface area contributed by atoms with Gasteiger partial charge in [0.25, 0.3) is 0 Å². The SMILES string of the molecule is Fc1cc(-c2c(F)c(F)c(F)c(F)c2F)c(F)c(F)c1N(c1c(F)c(F)c(-c2c(F)c(F)c(F)c(F)c2F)c(F)c1F)c1c(F)c(F)c(-c2c(F)c(F)c(F)c(F)c2F)c(F)c1F. The number of hydrogen-bond donors (Lipinski definition) is 0. The third-order valence-corrected chi connectivity index (χ3v) is 8.68. The number of hydrogen-bond acceptors (Lipinski definition) is 1. The number of benzene rings is 6. The van der Waals surface area contributed by atoms with E-state index in [-0.39, 0.29) is 0 Å². The maximum atomic E-state index is 16.0. The molecule has 6 aromatic rings. The van der Waals surface area contributed by atoms with Crippen molar-refractivity contribution in [2.24, 2.45) is 0 Å². The van der Waals surface area contributed by atoms with Gasteiger partial charge in [-0.15, -0.1) is 0 Å². The van der Waals surface area contributed by atoms with E-state index in [9.17, 15) is 65.9 Å². The number of rotatable bonds is 6. The lowest BCUT2D eigenvalue weighted by atomic mass is 9.97. The van der Waals surface area contributed by atoms with Crippen molar-refractivity contribution in [3.05, 3.63) is 157 Å². The van der Waals surface area contributed by atoms with Crippen LogP contribution >= 0.6 is 0 Å². The molecule has 0 radical (unpaired) electrons. The molecule has 0 aliphatic carbocycles. The second-order valence-electron chi connectivity index (χ2n) is 12.0. The largest absolute Gasteiger partial charge is 0.294 e. The Hall–Kier alpha value is -6.70. The van der Waals surface area contributed by atoms with Gasteiger partial charge in [0.1, 0.15) is 17.1 Å². The standard InChI is InChI=1S/C36HF26N/c37-3-1-2(4-10(39)20(49)26(55)21(50)11(4)40)9(38)29(58)34(3)63(35-30(59)16(45)7(17(46)31(35)60)5-12(41)22(51)27(56)23(52)13(5)42)36-32(61)18(47)8(19(48)33(36)62)6-14(43)24(53)28(57)25(54)15(6)44/h1H. The predicted octanol–water partition coefficient (Wildman–Crippen LogP) is 13.8. The van der Waals surface area contributed by atoms with Crippen molar-refractivity contribution >= 4 is 17.1 Å². The lowest BCUT2D eigenvalue weighted by Gasteiger charge is -2.29. The summed E-state index contributed by atoms with van der Waals surface area (Å²) in [6.07, 6.45) is 0. The van der Waals surface area contributed by atoms with Crippen molar-refractivity contribution in [2.45, 2.75) is 0 Å². The van der Waals surface area contributed by atoms with Crippen LogP contribution in [0.5, 0.6) is 0 Å². The van der Waals surface area contributed by atoms with Gasteiger partial charge in [-0.3, -0.25) is 4.90 Å². The van der Waals surface area contributed by atoms with Crippen LogP contribution < -0.4 is 4.90 Å². The molecule has 0 saturated heterocycles. The smallest absolute Gasteiger partial charge is 0.200 e. The van der Waals surface area contributed by atoms with E-state index in [1.807, 2.05) is 0 Å². The Bertz CT molecular complexity index is 2750. The van der Waals surface area contributed by atoms with Crippen molar-refractivity contribution < 1.29 is 114 Å². The molecule has 6 aromatic carbocycles. The Morgan fingerprint density at radius 2 is 0.381 bits per heavy atom. The molecule has 0 amide bonds. The van der Waals surface area contributed by atoms with Gasteiger partial charge in [0.2, 0.25) is 17.5 Å². The van der Waals surface area contributed by atoms with Crippen LogP contribution in [-0.4, -0.2) is 0 Å². The van der Waals surface area contributed by atoms with Gasteiger partial charge in [0.15, 0.2) is 134 Å². The highest BCUT2D eigenvalue weighted by molar-refractivity contribution is 5.84. The quantitative estimate of drug-likeness (QED) is 0.0914. The molecule has 0 unspecified atom stereocenters. The van der Waals surface area contributed by atoms with E-state index < -0.39 is 213 Å². The summed E-state index contributed by atoms with van der Waals surface area (Å²) >= 11 is 0. The Balaban J connectivity index is 1.81. The average molecular weight is 941 g/mol. The molecule has 0 fully saturated rings. The van der Waals surface area contributed by atoms with Crippen molar-refractivity contribution in [1.29, 1.82) is 0 Å². The van der Waals surface area contributed by atoms with Crippen LogP contribution in [0.2, 0.25) is 0 Å². The molecule has 63 heavy (non-hydrogen) atoms. The van der Waals surface area contributed by atoms with E-state index >= 15 is 48.3 Å². The van der Waals surface area contributed by atoms with Crippen LogP contribution in [0, 0.1) is 151 Å². The molecule has 0 aliphatic rings. The van der Waals surface area contributed by atoms with Gasteiger partial charge in [-0.25, -0.2) is 114 Å². The summed E-state index contributed by atoms with van der Waals surface area (Å²) in [5.74, 6) is -86.0. The zero-order chi connectivity index (χ0) is 47.5. The molecule has 27 heteroatoms. The van der Waals surface area contributed by atoms with Crippen LogP contribution in [-0.2, 0) is 0 Å². The molecule has 332 valence electrons. The fourth-order valence-corrected chi connectivity index (χ4v) is 5.87. The average Bonchev–Trinajstić information content (AvgIpc) is 3.24. The minimum atomic E-state index is -3.67. The predicted molar refractivity (Wildman–Crippen MR) is 156 cm³/mol. The molecular weight excluding hydrogens is 940 g/mol. The summed E-state index contributed by atoms with van der Waals surface area (Å²) in [5, 5.41) is 0. The first kappa shape index (κ1) is 45.8. The Kier molecular flexibility index (Phi) is 11.3. The third kappa shape index (κ3) is 6.35. The van der Waals surface area contributed by atoms with Crippen molar-refractivity contribution in [3.63, 3.8) is 0 Å². The molecule has 0 aromatic heterocycles. The molecule has 6 rings (SSSR count). The zero-order valence-electron chi connectivity index (χ0n) is 28.4. The lowest BCUT2D eigenvalue weighted by molar-refractivity contribution is 0.379. The molecule has 0 aliphatic heterocycles. The van der Waals surface area contributed by atoms with Crippen molar-refractivity contribution in [1.82, 2.24) is 0 Å². The van der Waals surface area contributed by atoms with Crippen LogP contribution in [0.3, 0.4) is 0 Å². The third-order valence-electron chi connectivity index (χ3n) is 8.68. The van der Waals surface area contributed by atoms with Crippen molar-refractivity contribution in [3.8, 4) is 33.4 Å². The van der Waals surface area contributed by atoms with Gasteiger partial charge in [-0.1, -0.05) is 0 Å². The molecule has 1 nitrogen and oxygen atoms in total. The van der Waals surface area contributed by atoms with Crippen LogP contribution in [0.25, 0.3) is 33.4 Å². The van der Waals surface area contributed by atoms with E-state index in [4.69, 9.17) is 0 Å². The lowest BCUT2D eigenvalue weighted by Crippen LogP contribution is -2.24. The number of halogens is 26. The van der Waals surface area contributed by atoms with E-state index in [1.54, 1.807) is 0 Å². The molecule has 0 N–H and O–H groups in total. The summed E-state index contributed by atoms with van der Waals surface area (Å²) < 4.78 is 386. The van der Waals surface area contributed by atoms with Gasteiger partial charge < -0.3 is 0 Å². The molecule has 0 heterocycles. The van der Waals surface area contributed by atoms with E-state index in [0.29, 0.717) is 0 Å². The van der Waals surface area contributed by atoms with Gasteiger partial charge in [0.05, 0.1) is 27.8 Å². The maximum Gasteiger partial charge on any atom is 0.200 e. The van der Waals surface area contributed by atoms with Gasteiger partial charge in [-0.2, -0.15) is 0 Å². The van der Waals surface area contributed by atoms with Crippen LogP contribution in [0.4, 0.5) is 131 Å². The highest BCUT2D eigenvalue weighted by atomic mass is 19.2. The van der Waals surface area contributed by atoms with Crippen LogP contribution in [0.1, 0.15) is 0 Å². The fraction of sp³-hybridized carbons (Fsp3) is 0. The summed E-state index contributed by atoms with van der Waals surface area (Å²) in [7, 11) is 0. The summed E-state index contributed by atoms with van der Waals surface area (Å²) in [6.45, 7) is 0. The van der Waals surface area contributed by atoms with E-state index in [1.165, 1.54) is 0 Å². The van der Waals surface area contributed by atoms with Gasteiger partial charge in [-0.05, 0) is 6.07 Å². The number of nitrogens with zero attached hydrogens (tertiary/aromatic N) is 1. The van der Waals surface area contributed by atoms with Crippen molar-refractivity contribution in [2.75, 3.05) is 4.90 Å². The highest BCUT2D eigenvalue weighted by Crippen LogP contribution is 2.51. The molecule has 0 atom stereocenters. The summed E-state index contributed by atoms with van der Waals surface area (Å²) in [5.41, 5.74) is -27.0. The van der Waals surface area contributed by atoms with E-state index in [0.717, 1.165) is 0 Å².